The van der Waals surface area contributed by atoms with E-state index < -0.39 is 0 Å². The van der Waals surface area contributed by atoms with E-state index in [4.69, 9.17) is 33.3 Å². The first kappa shape index (κ1) is 17.7. The molecule has 0 bridgehead atoms. The first-order valence-electron chi connectivity index (χ1n) is 7.40. The van der Waals surface area contributed by atoms with Gasteiger partial charge in [-0.2, -0.15) is 14.9 Å². The Hall–Kier alpha value is -2.16. The van der Waals surface area contributed by atoms with Crippen LogP contribution in [0.1, 0.15) is 12.5 Å². The molecule has 0 aliphatic rings. The lowest BCUT2D eigenvalue weighted by Crippen LogP contribution is -1.98. The topological polar surface area (TPSA) is 64.4 Å². The van der Waals surface area contributed by atoms with Crippen molar-refractivity contribution in [3.8, 4) is 22.2 Å². The molecule has 2 heterocycles. The third-order valence-corrected chi connectivity index (χ3v) is 4.66. The van der Waals surface area contributed by atoms with E-state index >= 15 is 0 Å². The van der Waals surface area contributed by atoms with Gasteiger partial charge in [-0.3, -0.25) is 0 Å². The molecular formula is C16H15ClN4O2S2. The van der Waals surface area contributed by atoms with Crippen LogP contribution in [0.3, 0.4) is 0 Å². The Kier molecular flexibility index (Phi) is 5.52. The molecule has 0 fully saturated rings. The lowest BCUT2D eigenvalue weighted by molar-refractivity contribution is 0.311. The van der Waals surface area contributed by atoms with E-state index in [1.165, 1.54) is 0 Å². The maximum Gasteiger partial charge on any atom is 0.216 e. The maximum atomic E-state index is 6.26. The third kappa shape index (κ3) is 3.76. The van der Waals surface area contributed by atoms with Gasteiger partial charge in [0.05, 0.1) is 29.8 Å². The van der Waals surface area contributed by atoms with Gasteiger partial charge in [-0.25, -0.2) is 5.10 Å². The predicted molar refractivity (Wildman–Crippen MR) is 103 cm³/mol. The van der Waals surface area contributed by atoms with Crippen molar-refractivity contribution in [2.75, 3.05) is 13.7 Å². The zero-order valence-corrected chi connectivity index (χ0v) is 15.9. The van der Waals surface area contributed by atoms with Gasteiger partial charge in [0, 0.05) is 0 Å². The average Bonchev–Trinajstić information content (AvgIpc) is 3.23. The van der Waals surface area contributed by atoms with Crippen LogP contribution in [-0.4, -0.2) is 34.8 Å². The van der Waals surface area contributed by atoms with E-state index in [9.17, 15) is 0 Å². The lowest BCUT2D eigenvalue weighted by Gasteiger charge is -2.11. The SMILES string of the molecule is CCOc1cc(/C=N\n2c(-c3cccs3)n[nH]c2=S)cc(Cl)c1OC. The van der Waals surface area contributed by atoms with Crippen LogP contribution in [0.5, 0.6) is 11.5 Å². The normalized spacial score (nSPS) is 11.2. The van der Waals surface area contributed by atoms with Crippen molar-refractivity contribution in [1.29, 1.82) is 0 Å². The molecule has 1 aromatic carbocycles. The van der Waals surface area contributed by atoms with Crippen molar-refractivity contribution in [2.24, 2.45) is 5.10 Å². The van der Waals surface area contributed by atoms with Crippen LogP contribution in [-0.2, 0) is 0 Å². The molecule has 0 spiro atoms. The monoisotopic (exact) mass is 394 g/mol. The third-order valence-electron chi connectivity index (χ3n) is 3.25. The van der Waals surface area contributed by atoms with Crippen molar-refractivity contribution >= 4 is 41.4 Å². The van der Waals surface area contributed by atoms with Gasteiger partial charge in [-0.1, -0.05) is 17.7 Å². The minimum absolute atomic E-state index is 0.407. The zero-order chi connectivity index (χ0) is 17.8. The summed E-state index contributed by atoms with van der Waals surface area (Å²) in [5.41, 5.74) is 0.759. The van der Waals surface area contributed by atoms with Crippen molar-refractivity contribution in [3.63, 3.8) is 0 Å². The van der Waals surface area contributed by atoms with Gasteiger partial charge in [0.25, 0.3) is 0 Å². The number of ether oxygens (including phenoxy) is 2. The van der Waals surface area contributed by atoms with Gasteiger partial charge < -0.3 is 9.47 Å². The van der Waals surface area contributed by atoms with E-state index in [1.54, 1.807) is 35.4 Å². The second kappa shape index (κ2) is 7.81. The summed E-state index contributed by atoms with van der Waals surface area (Å²) in [5.74, 6) is 1.72. The van der Waals surface area contributed by atoms with Gasteiger partial charge >= 0.3 is 0 Å². The van der Waals surface area contributed by atoms with Crippen LogP contribution in [0, 0.1) is 4.77 Å². The Labute approximate surface area is 158 Å². The molecule has 9 heteroatoms. The molecule has 0 aliphatic heterocycles. The maximum absolute atomic E-state index is 6.26. The quantitative estimate of drug-likeness (QED) is 0.489. The molecule has 0 aliphatic carbocycles. The number of benzene rings is 1. The van der Waals surface area contributed by atoms with Crippen molar-refractivity contribution in [1.82, 2.24) is 14.9 Å². The standard InChI is InChI=1S/C16H15ClN4O2S2/c1-3-23-12-8-10(7-11(17)14(12)22-2)9-18-21-15(19-20-16(21)24)13-5-4-6-25-13/h4-9H,3H2,1-2H3,(H,20,24)/b18-9-. The Morgan fingerprint density at radius 1 is 1.48 bits per heavy atom. The number of halogens is 1. The highest BCUT2D eigenvalue weighted by Gasteiger charge is 2.12. The lowest BCUT2D eigenvalue weighted by atomic mass is 10.2. The molecule has 0 radical (unpaired) electrons. The number of methoxy groups -OCH3 is 1. The van der Waals surface area contributed by atoms with E-state index in [2.05, 4.69) is 15.3 Å². The van der Waals surface area contributed by atoms with Crippen LogP contribution in [0.15, 0.2) is 34.7 Å². The fraction of sp³-hybridized carbons (Fsp3) is 0.188. The van der Waals surface area contributed by atoms with Gasteiger partial charge in [0.15, 0.2) is 17.3 Å². The molecule has 0 atom stereocenters. The number of aromatic nitrogens is 3. The summed E-state index contributed by atoms with van der Waals surface area (Å²) in [6, 6.07) is 7.47. The summed E-state index contributed by atoms with van der Waals surface area (Å²) in [7, 11) is 1.55. The molecule has 130 valence electrons. The molecule has 3 rings (SSSR count). The van der Waals surface area contributed by atoms with Crippen LogP contribution in [0.4, 0.5) is 0 Å². The summed E-state index contributed by atoms with van der Waals surface area (Å²) < 4.78 is 12.8. The number of hydrogen-bond acceptors (Lipinski definition) is 6. The summed E-state index contributed by atoms with van der Waals surface area (Å²) in [5, 5.41) is 13.8. The van der Waals surface area contributed by atoms with Crippen molar-refractivity contribution in [3.05, 3.63) is 45.0 Å². The number of nitrogens with one attached hydrogen (secondary N) is 1. The molecule has 0 unspecified atom stereocenters. The van der Waals surface area contributed by atoms with Crippen LogP contribution in [0.2, 0.25) is 5.02 Å². The summed E-state index contributed by atoms with van der Waals surface area (Å²) in [6.07, 6.45) is 1.65. The second-order valence-electron chi connectivity index (χ2n) is 4.85. The zero-order valence-electron chi connectivity index (χ0n) is 13.5. The minimum Gasteiger partial charge on any atom is -0.491 e. The minimum atomic E-state index is 0.407. The first-order valence-corrected chi connectivity index (χ1v) is 9.06. The van der Waals surface area contributed by atoms with Crippen molar-refractivity contribution < 1.29 is 9.47 Å². The fourth-order valence-corrected chi connectivity index (χ4v) is 3.39. The molecule has 1 N–H and O–H groups in total. The van der Waals surface area contributed by atoms with Gasteiger partial charge in [0.1, 0.15) is 0 Å². The van der Waals surface area contributed by atoms with Crippen molar-refractivity contribution in [2.45, 2.75) is 6.92 Å². The Morgan fingerprint density at radius 2 is 2.32 bits per heavy atom. The highest BCUT2D eigenvalue weighted by atomic mass is 35.5. The van der Waals surface area contributed by atoms with E-state index in [-0.39, 0.29) is 0 Å². The van der Waals surface area contributed by atoms with Gasteiger partial charge in [-0.05, 0) is 48.3 Å². The van der Waals surface area contributed by atoms with E-state index in [1.807, 2.05) is 30.5 Å². The van der Waals surface area contributed by atoms with E-state index in [0.717, 1.165) is 10.4 Å². The first-order chi connectivity index (χ1) is 12.1. The summed E-state index contributed by atoms with van der Waals surface area (Å²) >= 11 is 13.1. The smallest absolute Gasteiger partial charge is 0.216 e. The largest absolute Gasteiger partial charge is 0.491 e. The van der Waals surface area contributed by atoms with E-state index in [0.29, 0.717) is 33.7 Å². The second-order valence-corrected chi connectivity index (χ2v) is 6.59. The molecule has 3 aromatic rings. The number of rotatable bonds is 6. The predicted octanol–water partition coefficient (Wildman–Crippen LogP) is 4.61. The molecule has 2 aromatic heterocycles. The molecule has 0 amide bonds. The highest BCUT2D eigenvalue weighted by molar-refractivity contribution is 7.71. The Balaban J connectivity index is 1.98. The molecule has 25 heavy (non-hydrogen) atoms. The summed E-state index contributed by atoms with van der Waals surface area (Å²) in [6.45, 7) is 2.40. The Morgan fingerprint density at radius 3 is 3.00 bits per heavy atom. The molecular weight excluding hydrogens is 380 g/mol. The number of hydrogen-bond donors (Lipinski definition) is 1. The average molecular weight is 395 g/mol. The number of thiophene rings is 1. The molecule has 0 saturated carbocycles. The molecule has 6 nitrogen and oxygen atoms in total. The number of H-pyrrole nitrogens is 1. The fourth-order valence-electron chi connectivity index (χ4n) is 2.21. The van der Waals surface area contributed by atoms with Crippen LogP contribution >= 0.6 is 35.2 Å². The number of nitrogens with zero attached hydrogens (tertiary/aromatic N) is 3. The Bertz CT molecular complexity index is 948. The van der Waals surface area contributed by atoms with Crippen LogP contribution in [0.25, 0.3) is 10.7 Å². The summed E-state index contributed by atoms with van der Waals surface area (Å²) in [4.78, 5) is 0.965. The van der Waals surface area contributed by atoms with Gasteiger partial charge in [0.2, 0.25) is 4.77 Å². The highest BCUT2D eigenvalue weighted by Crippen LogP contribution is 2.36. The molecule has 0 saturated heterocycles. The van der Waals surface area contributed by atoms with Crippen LogP contribution < -0.4 is 9.47 Å². The van der Waals surface area contributed by atoms with Gasteiger partial charge in [-0.15, -0.1) is 11.3 Å². The number of aromatic amines is 1.